The molecular weight excluding hydrogens is 208 g/mol. The maximum atomic E-state index is 5.98. The molecule has 2 nitrogen and oxygen atoms in total. The van der Waals surface area contributed by atoms with Crippen LogP contribution in [-0.4, -0.2) is 30.6 Å². The molecule has 0 aliphatic heterocycles. The second kappa shape index (κ2) is 6.75. The molecule has 0 unspecified atom stereocenters. The van der Waals surface area contributed by atoms with Gasteiger partial charge in [0.25, 0.3) is 0 Å². The largest absolute Gasteiger partial charge is 0.328 e. The van der Waals surface area contributed by atoms with E-state index >= 15 is 0 Å². The topological polar surface area (TPSA) is 29.3 Å². The quantitative estimate of drug-likeness (QED) is 0.765. The number of rotatable bonds is 3. The lowest BCUT2D eigenvalue weighted by Crippen LogP contribution is -2.40. The van der Waals surface area contributed by atoms with Crippen LogP contribution in [-0.2, 0) is 0 Å². The molecule has 0 aromatic heterocycles. The van der Waals surface area contributed by atoms with Crippen LogP contribution in [0.15, 0.2) is 0 Å². The molecule has 0 atom stereocenters. The van der Waals surface area contributed by atoms with E-state index in [-0.39, 0.29) is 0 Å². The minimum Gasteiger partial charge on any atom is -0.328 e. The van der Waals surface area contributed by atoms with Gasteiger partial charge in [-0.15, -0.1) is 0 Å². The van der Waals surface area contributed by atoms with Gasteiger partial charge in [0.15, 0.2) is 0 Å². The molecule has 2 saturated carbocycles. The van der Waals surface area contributed by atoms with Gasteiger partial charge in [-0.2, -0.15) is 0 Å². The van der Waals surface area contributed by atoms with Gasteiger partial charge in [0.2, 0.25) is 0 Å². The Morgan fingerprint density at radius 1 is 0.882 bits per heavy atom. The summed E-state index contributed by atoms with van der Waals surface area (Å²) in [6.07, 6.45) is 13.9. The highest BCUT2D eigenvalue weighted by atomic mass is 15.1. The Hall–Kier alpha value is -0.0800. The van der Waals surface area contributed by atoms with E-state index in [0.29, 0.717) is 6.04 Å². The normalized spacial score (nSPS) is 32.6. The first kappa shape index (κ1) is 13.4. The fourth-order valence-electron chi connectivity index (χ4n) is 3.65. The number of nitrogens with two attached hydrogens (primary N) is 1. The summed E-state index contributed by atoms with van der Waals surface area (Å²) in [6.45, 7) is 1.33. The third-order valence-electron chi connectivity index (χ3n) is 4.89. The van der Waals surface area contributed by atoms with Gasteiger partial charge < -0.3 is 10.6 Å². The van der Waals surface area contributed by atoms with Crippen LogP contribution >= 0.6 is 0 Å². The van der Waals surface area contributed by atoms with Crippen LogP contribution < -0.4 is 5.73 Å². The Morgan fingerprint density at radius 2 is 1.47 bits per heavy atom. The van der Waals surface area contributed by atoms with E-state index in [1.165, 1.54) is 70.8 Å². The number of hydrogen-bond donors (Lipinski definition) is 1. The molecule has 2 fully saturated rings. The molecular formula is C15H30N2. The van der Waals surface area contributed by atoms with Crippen molar-refractivity contribution in [3.63, 3.8) is 0 Å². The minimum atomic E-state index is 0.484. The summed E-state index contributed by atoms with van der Waals surface area (Å²) in [5.41, 5.74) is 5.98. The van der Waals surface area contributed by atoms with Crippen LogP contribution in [0.4, 0.5) is 0 Å². The molecule has 2 heteroatoms. The first-order valence-corrected chi connectivity index (χ1v) is 7.71. The summed E-state index contributed by atoms with van der Waals surface area (Å²) in [6, 6.07) is 1.30. The van der Waals surface area contributed by atoms with Crippen molar-refractivity contribution >= 4 is 0 Å². The van der Waals surface area contributed by atoms with E-state index in [1.54, 1.807) is 0 Å². The van der Waals surface area contributed by atoms with Crippen molar-refractivity contribution in [3.05, 3.63) is 0 Å². The lowest BCUT2D eigenvalue weighted by atomic mass is 9.90. The average Bonchev–Trinajstić information content (AvgIpc) is 2.58. The summed E-state index contributed by atoms with van der Waals surface area (Å²) >= 11 is 0. The molecule has 17 heavy (non-hydrogen) atoms. The first-order chi connectivity index (χ1) is 8.25. The molecule has 0 aromatic carbocycles. The molecule has 2 N–H and O–H groups in total. The Labute approximate surface area is 107 Å². The van der Waals surface area contributed by atoms with Crippen LogP contribution in [0.25, 0.3) is 0 Å². The first-order valence-electron chi connectivity index (χ1n) is 7.71. The van der Waals surface area contributed by atoms with E-state index in [4.69, 9.17) is 5.73 Å². The van der Waals surface area contributed by atoms with Crippen molar-refractivity contribution < 1.29 is 0 Å². The lowest BCUT2D eigenvalue weighted by molar-refractivity contribution is 0.154. The summed E-state index contributed by atoms with van der Waals surface area (Å²) in [4.78, 5) is 2.64. The van der Waals surface area contributed by atoms with Gasteiger partial charge in [0.1, 0.15) is 0 Å². The average molecular weight is 238 g/mol. The third kappa shape index (κ3) is 4.26. The fourth-order valence-corrected chi connectivity index (χ4v) is 3.65. The molecule has 2 aliphatic carbocycles. The fraction of sp³-hybridized carbons (Fsp3) is 1.00. The van der Waals surface area contributed by atoms with E-state index in [1.807, 2.05) is 0 Å². The number of nitrogens with zero attached hydrogens (tertiary/aromatic N) is 1. The third-order valence-corrected chi connectivity index (χ3v) is 4.89. The Balaban J connectivity index is 1.73. The highest BCUT2D eigenvalue weighted by Gasteiger charge is 2.24. The Bertz CT molecular complexity index is 201. The monoisotopic (exact) mass is 238 g/mol. The molecule has 0 aromatic rings. The highest BCUT2D eigenvalue weighted by molar-refractivity contribution is 4.81. The van der Waals surface area contributed by atoms with Crippen LogP contribution in [0.1, 0.15) is 64.2 Å². The minimum absolute atomic E-state index is 0.484. The van der Waals surface area contributed by atoms with Gasteiger partial charge >= 0.3 is 0 Å². The predicted octanol–water partition coefficient (Wildman–Crippen LogP) is 3.16. The van der Waals surface area contributed by atoms with Crippen molar-refractivity contribution in [2.45, 2.75) is 76.3 Å². The van der Waals surface area contributed by atoms with E-state index in [9.17, 15) is 0 Å². The van der Waals surface area contributed by atoms with Gasteiger partial charge in [-0.25, -0.2) is 0 Å². The Morgan fingerprint density at radius 3 is 2.06 bits per heavy atom. The van der Waals surface area contributed by atoms with Crippen LogP contribution in [0, 0.1) is 5.92 Å². The lowest BCUT2D eigenvalue weighted by Gasteiger charge is -2.35. The van der Waals surface area contributed by atoms with Crippen LogP contribution in [0.5, 0.6) is 0 Å². The second-order valence-corrected chi connectivity index (χ2v) is 6.37. The smallest absolute Gasteiger partial charge is 0.00934 e. The molecule has 0 heterocycles. The molecule has 0 bridgehead atoms. The Kier molecular flexibility index (Phi) is 5.30. The van der Waals surface area contributed by atoms with E-state index < -0.39 is 0 Å². The molecule has 0 amide bonds. The maximum Gasteiger partial charge on any atom is 0.00934 e. The summed E-state index contributed by atoms with van der Waals surface area (Å²) in [5.74, 6) is 0.970. The van der Waals surface area contributed by atoms with Crippen molar-refractivity contribution in [1.29, 1.82) is 0 Å². The zero-order valence-electron chi connectivity index (χ0n) is 11.5. The predicted molar refractivity (Wildman–Crippen MR) is 74.1 cm³/mol. The molecule has 2 aliphatic rings. The van der Waals surface area contributed by atoms with Crippen LogP contribution in [0.2, 0.25) is 0 Å². The van der Waals surface area contributed by atoms with Gasteiger partial charge in [0, 0.05) is 18.6 Å². The summed E-state index contributed by atoms with van der Waals surface area (Å²) in [5, 5.41) is 0. The molecule has 2 rings (SSSR count). The number of hydrogen-bond acceptors (Lipinski definition) is 2. The SMILES string of the molecule is CN(CC1CCCCCC1)C1CCC(N)CC1. The highest BCUT2D eigenvalue weighted by Crippen LogP contribution is 2.26. The molecule has 100 valence electrons. The van der Waals surface area contributed by atoms with Gasteiger partial charge in [0.05, 0.1) is 0 Å². The zero-order valence-corrected chi connectivity index (χ0v) is 11.5. The van der Waals surface area contributed by atoms with Gasteiger partial charge in [-0.1, -0.05) is 25.7 Å². The standard InChI is InChI=1S/C15H30N2/c1-17(15-10-8-14(16)9-11-15)12-13-6-4-2-3-5-7-13/h13-15H,2-12,16H2,1H3. The van der Waals surface area contributed by atoms with E-state index in [2.05, 4.69) is 11.9 Å². The molecule has 0 spiro atoms. The van der Waals surface area contributed by atoms with Crippen molar-refractivity contribution in [1.82, 2.24) is 4.90 Å². The van der Waals surface area contributed by atoms with Gasteiger partial charge in [-0.3, -0.25) is 0 Å². The van der Waals surface area contributed by atoms with Crippen molar-refractivity contribution in [3.8, 4) is 0 Å². The summed E-state index contributed by atoms with van der Waals surface area (Å²) < 4.78 is 0. The maximum absolute atomic E-state index is 5.98. The van der Waals surface area contributed by atoms with Gasteiger partial charge in [-0.05, 0) is 51.5 Å². The zero-order chi connectivity index (χ0) is 12.1. The van der Waals surface area contributed by atoms with Crippen LogP contribution in [0.3, 0.4) is 0 Å². The summed E-state index contributed by atoms with van der Waals surface area (Å²) in [7, 11) is 2.34. The second-order valence-electron chi connectivity index (χ2n) is 6.37. The van der Waals surface area contributed by atoms with Crippen molar-refractivity contribution in [2.75, 3.05) is 13.6 Å². The van der Waals surface area contributed by atoms with E-state index in [0.717, 1.165) is 12.0 Å². The van der Waals surface area contributed by atoms with Crippen molar-refractivity contribution in [2.24, 2.45) is 11.7 Å². The molecule has 0 radical (unpaired) electrons. The molecule has 0 saturated heterocycles.